The number of hydrogen-bond donors (Lipinski definition) is 2. The van der Waals surface area contributed by atoms with Crippen LogP contribution in [0, 0.1) is 0 Å². The Morgan fingerprint density at radius 3 is 1.19 bits per heavy atom. The maximum Gasteiger partial charge on any atom is 0.127 e. The Hall–Kier alpha value is -1.90. The lowest BCUT2D eigenvalue weighted by Crippen LogP contribution is -2.39. The Balaban J connectivity index is 2.15. The van der Waals surface area contributed by atoms with Gasteiger partial charge in [-0.25, -0.2) is 0 Å². The van der Waals surface area contributed by atoms with Crippen LogP contribution < -0.4 is 11.5 Å². The molecule has 0 heterocycles. The van der Waals surface area contributed by atoms with Crippen LogP contribution in [0.2, 0.25) is 0 Å². The molecule has 0 bridgehead atoms. The fourth-order valence-corrected chi connectivity index (χ4v) is 1.45. The van der Waals surface area contributed by atoms with Gasteiger partial charge in [0.15, 0.2) is 0 Å². The zero-order chi connectivity index (χ0) is 11.4. The van der Waals surface area contributed by atoms with Crippen molar-refractivity contribution < 1.29 is 11.5 Å². The molecule has 0 saturated heterocycles. The third-order valence-corrected chi connectivity index (χ3v) is 2.43. The standard InChI is InChI=1S/C14H14N2/c15-13-7-3-11(4-8-13)1-2-12-5-9-14(16)10-6-12/h1-10H,15-16H2/p+2/b2-1-. The SMILES string of the molecule is [NH3+]c1ccc(/C=C\c2ccc([NH3+])cc2)cc1. The van der Waals surface area contributed by atoms with E-state index >= 15 is 0 Å². The monoisotopic (exact) mass is 212 g/mol. The van der Waals surface area contributed by atoms with Crippen molar-refractivity contribution in [2.24, 2.45) is 0 Å². The van der Waals surface area contributed by atoms with Gasteiger partial charge in [0.25, 0.3) is 0 Å². The van der Waals surface area contributed by atoms with Gasteiger partial charge in [-0.3, -0.25) is 0 Å². The third-order valence-electron chi connectivity index (χ3n) is 2.43. The predicted molar refractivity (Wildman–Crippen MR) is 66.9 cm³/mol. The van der Waals surface area contributed by atoms with Gasteiger partial charge < -0.3 is 11.5 Å². The molecule has 0 saturated carbocycles. The second kappa shape index (κ2) is 4.75. The maximum atomic E-state index is 3.86. The molecular weight excluding hydrogens is 196 g/mol. The number of quaternary nitrogens is 2. The molecule has 0 fully saturated rings. The molecule has 0 amide bonds. The lowest BCUT2D eigenvalue weighted by Gasteiger charge is -1.94. The molecule has 0 aliphatic carbocycles. The summed E-state index contributed by atoms with van der Waals surface area (Å²) in [7, 11) is 0. The summed E-state index contributed by atoms with van der Waals surface area (Å²) in [4.78, 5) is 0. The Bertz CT molecular complexity index is 434. The summed E-state index contributed by atoms with van der Waals surface area (Å²) in [5.41, 5.74) is 12.2. The minimum absolute atomic E-state index is 1.04. The molecule has 0 unspecified atom stereocenters. The highest BCUT2D eigenvalue weighted by Gasteiger charge is 1.91. The molecule has 0 aromatic heterocycles. The molecule has 2 aromatic carbocycles. The number of hydrogen-bond acceptors (Lipinski definition) is 0. The number of benzene rings is 2. The van der Waals surface area contributed by atoms with Gasteiger partial charge in [-0.2, -0.15) is 0 Å². The molecule has 0 aliphatic heterocycles. The van der Waals surface area contributed by atoms with Crippen molar-refractivity contribution in [1.82, 2.24) is 0 Å². The van der Waals surface area contributed by atoms with Crippen LogP contribution in [0.25, 0.3) is 12.2 Å². The quantitative estimate of drug-likeness (QED) is 0.711. The van der Waals surface area contributed by atoms with Gasteiger partial charge in [0, 0.05) is 0 Å². The molecule has 2 rings (SSSR count). The van der Waals surface area contributed by atoms with E-state index in [1.54, 1.807) is 0 Å². The van der Waals surface area contributed by atoms with E-state index in [9.17, 15) is 0 Å². The molecule has 2 aromatic rings. The van der Waals surface area contributed by atoms with Gasteiger partial charge in [-0.15, -0.1) is 0 Å². The fourth-order valence-electron chi connectivity index (χ4n) is 1.45. The summed E-state index contributed by atoms with van der Waals surface area (Å²) < 4.78 is 0. The topological polar surface area (TPSA) is 55.3 Å². The highest BCUT2D eigenvalue weighted by molar-refractivity contribution is 5.70. The minimum Gasteiger partial charge on any atom is -0.325 e. The molecule has 0 spiro atoms. The smallest absolute Gasteiger partial charge is 0.127 e. The Labute approximate surface area is 95.2 Å². The Morgan fingerprint density at radius 1 is 0.562 bits per heavy atom. The first-order valence-corrected chi connectivity index (χ1v) is 5.26. The van der Waals surface area contributed by atoms with Gasteiger partial charge in [-0.05, 0) is 59.7 Å². The first-order chi connectivity index (χ1) is 7.74. The van der Waals surface area contributed by atoms with Crippen molar-refractivity contribution >= 4 is 23.5 Å². The lowest BCUT2D eigenvalue weighted by atomic mass is 10.1. The lowest BCUT2D eigenvalue weighted by molar-refractivity contribution is -0.255. The van der Waals surface area contributed by atoms with Crippen LogP contribution in [0.1, 0.15) is 11.1 Å². The first-order valence-electron chi connectivity index (χ1n) is 5.26. The second-order valence-electron chi connectivity index (χ2n) is 3.82. The average molecular weight is 212 g/mol. The largest absolute Gasteiger partial charge is 0.325 e. The zero-order valence-electron chi connectivity index (χ0n) is 9.19. The molecule has 0 aliphatic rings. The molecule has 2 heteroatoms. The van der Waals surface area contributed by atoms with E-state index < -0.39 is 0 Å². The average Bonchev–Trinajstić information content (AvgIpc) is 2.30. The van der Waals surface area contributed by atoms with Gasteiger partial charge in [0.1, 0.15) is 11.4 Å². The van der Waals surface area contributed by atoms with Crippen LogP contribution in [0.3, 0.4) is 0 Å². The van der Waals surface area contributed by atoms with E-state index in [1.807, 2.05) is 24.3 Å². The third kappa shape index (κ3) is 2.79. The van der Waals surface area contributed by atoms with Crippen molar-refractivity contribution in [3.05, 3.63) is 59.7 Å². The fraction of sp³-hybridized carbons (Fsp3) is 0. The van der Waals surface area contributed by atoms with E-state index in [4.69, 9.17) is 0 Å². The summed E-state index contributed by atoms with van der Waals surface area (Å²) in [5.74, 6) is 0. The number of rotatable bonds is 2. The molecular formula is C14H16N2+2. The van der Waals surface area contributed by atoms with Crippen molar-refractivity contribution in [2.45, 2.75) is 0 Å². The maximum absolute atomic E-state index is 3.86. The molecule has 16 heavy (non-hydrogen) atoms. The molecule has 2 nitrogen and oxygen atoms in total. The van der Waals surface area contributed by atoms with Crippen molar-refractivity contribution in [3.8, 4) is 0 Å². The minimum atomic E-state index is 1.04. The molecule has 80 valence electrons. The van der Waals surface area contributed by atoms with Gasteiger partial charge in [0.2, 0.25) is 0 Å². The van der Waals surface area contributed by atoms with Crippen LogP contribution >= 0.6 is 0 Å². The Kier molecular flexibility index (Phi) is 3.15. The van der Waals surface area contributed by atoms with Crippen LogP contribution in [0.15, 0.2) is 48.5 Å². The summed E-state index contributed by atoms with van der Waals surface area (Å²) in [6.07, 6.45) is 4.19. The molecule has 0 radical (unpaired) electrons. The van der Waals surface area contributed by atoms with Gasteiger partial charge in [0.05, 0.1) is 0 Å². The van der Waals surface area contributed by atoms with Crippen LogP contribution in [-0.4, -0.2) is 0 Å². The first kappa shape index (κ1) is 10.6. The highest BCUT2D eigenvalue weighted by atomic mass is 14.5. The van der Waals surface area contributed by atoms with E-state index in [2.05, 4.69) is 47.9 Å². The predicted octanol–water partition coefficient (Wildman–Crippen LogP) is 1.60. The van der Waals surface area contributed by atoms with E-state index in [-0.39, 0.29) is 0 Å². The molecule has 6 N–H and O–H groups in total. The van der Waals surface area contributed by atoms with Crippen molar-refractivity contribution in [3.63, 3.8) is 0 Å². The highest BCUT2D eigenvalue weighted by Crippen LogP contribution is 2.10. The second-order valence-corrected chi connectivity index (χ2v) is 3.82. The normalized spacial score (nSPS) is 10.9. The summed E-state index contributed by atoms with van der Waals surface area (Å²) >= 11 is 0. The summed E-state index contributed by atoms with van der Waals surface area (Å²) in [5, 5.41) is 0. The van der Waals surface area contributed by atoms with E-state index in [0.717, 1.165) is 11.4 Å². The summed E-state index contributed by atoms with van der Waals surface area (Å²) in [6, 6.07) is 16.3. The summed E-state index contributed by atoms with van der Waals surface area (Å²) in [6.45, 7) is 0. The van der Waals surface area contributed by atoms with Crippen LogP contribution in [-0.2, 0) is 0 Å². The zero-order valence-corrected chi connectivity index (χ0v) is 9.19. The Morgan fingerprint density at radius 2 is 0.875 bits per heavy atom. The molecule has 0 atom stereocenters. The van der Waals surface area contributed by atoms with Crippen molar-refractivity contribution in [1.29, 1.82) is 0 Å². The van der Waals surface area contributed by atoms with E-state index in [0.29, 0.717) is 0 Å². The van der Waals surface area contributed by atoms with Gasteiger partial charge >= 0.3 is 0 Å². The van der Waals surface area contributed by atoms with Gasteiger partial charge in [-0.1, -0.05) is 12.2 Å². The van der Waals surface area contributed by atoms with Crippen LogP contribution in [0.5, 0.6) is 0 Å². The van der Waals surface area contributed by atoms with E-state index in [1.165, 1.54) is 11.1 Å². The van der Waals surface area contributed by atoms with Crippen LogP contribution in [0.4, 0.5) is 11.4 Å². The van der Waals surface area contributed by atoms with Crippen molar-refractivity contribution in [2.75, 3.05) is 0 Å².